The molecule has 1 amide bonds. The van der Waals surface area contributed by atoms with Gasteiger partial charge < -0.3 is 20.5 Å². The molecule has 1 rings (SSSR count). The van der Waals surface area contributed by atoms with Gasteiger partial charge in [0.05, 0.1) is 31.5 Å². The first-order valence-corrected chi connectivity index (χ1v) is 7.13. The maximum absolute atomic E-state index is 11.8. The monoisotopic (exact) mass is 294 g/mol. The van der Waals surface area contributed by atoms with Crippen molar-refractivity contribution >= 4 is 17.3 Å². The maximum atomic E-state index is 11.8. The number of anilines is 2. The number of hydrogen-bond acceptors (Lipinski definition) is 4. The van der Waals surface area contributed by atoms with Crippen molar-refractivity contribution in [1.82, 2.24) is 0 Å². The minimum absolute atomic E-state index is 0.109. The lowest BCUT2D eigenvalue weighted by Crippen LogP contribution is -2.16. The van der Waals surface area contributed by atoms with Gasteiger partial charge in [0.1, 0.15) is 5.75 Å². The molecule has 0 bridgehead atoms. The maximum Gasteiger partial charge on any atom is 0.226 e. The van der Waals surface area contributed by atoms with Crippen LogP contribution in [0.2, 0.25) is 0 Å². The zero-order valence-electron chi connectivity index (χ0n) is 13.4. The molecule has 0 radical (unpaired) electrons. The number of nitrogen functional groups attached to an aromatic ring is 1. The molecule has 5 heteroatoms. The van der Waals surface area contributed by atoms with E-state index in [2.05, 4.69) is 26.1 Å². The molecule has 5 nitrogen and oxygen atoms in total. The smallest absolute Gasteiger partial charge is 0.226 e. The van der Waals surface area contributed by atoms with Crippen molar-refractivity contribution in [2.75, 3.05) is 31.4 Å². The number of benzene rings is 1. The Morgan fingerprint density at radius 2 is 2.00 bits per heavy atom. The molecule has 0 aromatic heterocycles. The van der Waals surface area contributed by atoms with Gasteiger partial charge >= 0.3 is 0 Å². The molecule has 0 saturated carbocycles. The van der Waals surface area contributed by atoms with E-state index in [0.717, 1.165) is 6.42 Å². The van der Waals surface area contributed by atoms with E-state index in [0.29, 0.717) is 36.8 Å². The van der Waals surface area contributed by atoms with Gasteiger partial charge in [0, 0.05) is 12.7 Å². The highest BCUT2D eigenvalue weighted by Crippen LogP contribution is 2.24. The summed E-state index contributed by atoms with van der Waals surface area (Å²) in [6.07, 6.45) is 1.29. The van der Waals surface area contributed by atoms with Crippen LogP contribution >= 0.6 is 0 Å². The molecular weight excluding hydrogens is 268 g/mol. The summed E-state index contributed by atoms with van der Waals surface area (Å²) in [5, 5.41) is 2.77. The molecule has 0 unspecified atom stereocenters. The standard InChI is InChI=1S/C16H26N2O3/c1-16(2,3)8-10-21-9-7-15(19)18-14-6-5-12(20-4)11-13(14)17/h5-6,11H,7-10,17H2,1-4H3,(H,18,19). The van der Waals surface area contributed by atoms with E-state index < -0.39 is 0 Å². The summed E-state index contributed by atoms with van der Waals surface area (Å²) in [6.45, 7) is 7.57. The van der Waals surface area contributed by atoms with Crippen LogP contribution in [0.15, 0.2) is 18.2 Å². The number of hydrogen-bond donors (Lipinski definition) is 2. The molecule has 21 heavy (non-hydrogen) atoms. The topological polar surface area (TPSA) is 73.6 Å². The zero-order valence-corrected chi connectivity index (χ0v) is 13.4. The Morgan fingerprint density at radius 1 is 1.29 bits per heavy atom. The second-order valence-corrected chi connectivity index (χ2v) is 6.17. The van der Waals surface area contributed by atoms with Crippen molar-refractivity contribution in [1.29, 1.82) is 0 Å². The number of carbonyl (C=O) groups is 1. The number of ether oxygens (including phenoxy) is 2. The Bertz CT molecular complexity index is 467. The second-order valence-electron chi connectivity index (χ2n) is 6.17. The first kappa shape index (κ1) is 17.3. The molecule has 0 aliphatic rings. The fourth-order valence-electron chi connectivity index (χ4n) is 1.64. The van der Waals surface area contributed by atoms with Gasteiger partial charge in [-0.25, -0.2) is 0 Å². The second kappa shape index (κ2) is 7.88. The average molecular weight is 294 g/mol. The summed E-state index contributed by atoms with van der Waals surface area (Å²) in [5.74, 6) is 0.554. The fourth-order valence-corrected chi connectivity index (χ4v) is 1.64. The van der Waals surface area contributed by atoms with Gasteiger partial charge in [-0.3, -0.25) is 4.79 Å². The highest BCUT2D eigenvalue weighted by atomic mass is 16.5. The third kappa shape index (κ3) is 6.99. The largest absolute Gasteiger partial charge is 0.497 e. The van der Waals surface area contributed by atoms with Gasteiger partial charge in [-0.15, -0.1) is 0 Å². The van der Waals surface area contributed by atoms with Crippen molar-refractivity contribution < 1.29 is 14.3 Å². The van der Waals surface area contributed by atoms with Crippen molar-refractivity contribution in [2.45, 2.75) is 33.6 Å². The number of methoxy groups -OCH3 is 1. The van der Waals surface area contributed by atoms with Crippen molar-refractivity contribution in [3.05, 3.63) is 18.2 Å². The lowest BCUT2D eigenvalue weighted by molar-refractivity contribution is -0.117. The highest BCUT2D eigenvalue weighted by molar-refractivity contribution is 5.94. The molecule has 0 aliphatic carbocycles. The van der Waals surface area contributed by atoms with Crippen LogP contribution in [0.1, 0.15) is 33.6 Å². The summed E-state index contributed by atoms with van der Waals surface area (Å²) < 4.78 is 10.5. The van der Waals surface area contributed by atoms with Crippen LogP contribution in [0.25, 0.3) is 0 Å². The molecule has 118 valence electrons. The zero-order chi connectivity index (χ0) is 15.9. The summed E-state index contributed by atoms with van der Waals surface area (Å²) in [5.41, 5.74) is 7.17. The SMILES string of the molecule is COc1ccc(NC(=O)CCOCCC(C)(C)C)c(N)c1. The average Bonchev–Trinajstić information content (AvgIpc) is 2.39. The molecule has 0 saturated heterocycles. The third-order valence-corrected chi connectivity index (χ3v) is 3.00. The minimum atomic E-state index is -0.109. The van der Waals surface area contributed by atoms with Crippen LogP contribution in [0.4, 0.5) is 11.4 Å². The van der Waals surface area contributed by atoms with E-state index >= 15 is 0 Å². The predicted octanol–water partition coefficient (Wildman–Crippen LogP) is 3.06. The van der Waals surface area contributed by atoms with Gasteiger partial charge in [-0.05, 0) is 24.0 Å². The molecule has 0 heterocycles. The minimum Gasteiger partial charge on any atom is -0.497 e. The number of nitrogens with one attached hydrogen (secondary N) is 1. The Kier molecular flexibility index (Phi) is 6.49. The van der Waals surface area contributed by atoms with Gasteiger partial charge in [-0.1, -0.05) is 20.8 Å². The third-order valence-electron chi connectivity index (χ3n) is 3.00. The van der Waals surface area contributed by atoms with Crippen molar-refractivity contribution in [3.8, 4) is 5.75 Å². The Balaban J connectivity index is 2.31. The first-order chi connectivity index (χ1) is 9.81. The van der Waals surface area contributed by atoms with Crippen molar-refractivity contribution in [2.24, 2.45) is 5.41 Å². The normalized spacial score (nSPS) is 11.2. The lowest BCUT2D eigenvalue weighted by Gasteiger charge is -2.17. The number of carbonyl (C=O) groups excluding carboxylic acids is 1. The fraction of sp³-hybridized carbons (Fsp3) is 0.562. The summed E-state index contributed by atoms with van der Waals surface area (Å²) >= 11 is 0. The quantitative estimate of drug-likeness (QED) is 0.599. The molecule has 1 aromatic carbocycles. The van der Waals surface area contributed by atoms with E-state index in [4.69, 9.17) is 15.2 Å². The number of rotatable bonds is 7. The van der Waals surface area contributed by atoms with E-state index in [1.165, 1.54) is 0 Å². The van der Waals surface area contributed by atoms with Crippen LogP contribution in [-0.4, -0.2) is 26.2 Å². The molecule has 1 aromatic rings. The van der Waals surface area contributed by atoms with Crippen LogP contribution in [0.3, 0.4) is 0 Å². The number of nitrogens with two attached hydrogens (primary N) is 1. The predicted molar refractivity (Wildman–Crippen MR) is 85.5 cm³/mol. The summed E-state index contributed by atoms with van der Waals surface area (Å²) in [6, 6.07) is 5.16. The van der Waals surface area contributed by atoms with Crippen molar-refractivity contribution in [3.63, 3.8) is 0 Å². The van der Waals surface area contributed by atoms with Gasteiger partial charge in [0.25, 0.3) is 0 Å². The van der Waals surface area contributed by atoms with Gasteiger partial charge in [-0.2, -0.15) is 0 Å². The van der Waals surface area contributed by atoms with E-state index in [-0.39, 0.29) is 11.3 Å². The Hall–Kier alpha value is -1.75. The number of amides is 1. The van der Waals surface area contributed by atoms with Crippen LogP contribution in [0.5, 0.6) is 5.75 Å². The van der Waals surface area contributed by atoms with Crippen LogP contribution in [0, 0.1) is 5.41 Å². The van der Waals surface area contributed by atoms with E-state index in [9.17, 15) is 4.79 Å². The molecule has 0 aliphatic heterocycles. The molecule has 0 atom stereocenters. The molecule has 0 spiro atoms. The summed E-state index contributed by atoms with van der Waals surface area (Å²) in [4.78, 5) is 11.8. The van der Waals surface area contributed by atoms with E-state index in [1.54, 1.807) is 25.3 Å². The summed E-state index contributed by atoms with van der Waals surface area (Å²) in [7, 11) is 1.57. The van der Waals surface area contributed by atoms with E-state index in [1.807, 2.05) is 0 Å². The molecule has 3 N–H and O–H groups in total. The molecular formula is C16H26N2O3. The van der Waals surface area contributed by atoms with Crippen LogP contribution < -0.4 is 15.8 Å². The lowest BCUT2D eigenvalue weighted by atomic mass is 9.93. The van der Waals surface area contributed by atoms with Gasteiger partial charge in [0.2, 0.25) is 5.91 Å². The molecule has 0 fully saturated rings. The Morgan fingerprint density at radius 3 is 2.57 bits per heavy atom. The van der Waals surface area contributed by atoms with Crippen LogP contribution in [-0.2, 0) is 9.53 Å². The Labute approximate surface area is 126 Å². The van der Waals surface area contributed by atoms with Gasteiger partial charge in [0.15, 0.2) is 0 Å². The first-order valence-electron chi connectivity index (χ1n) is 7.13. The highest BCUT2D eigenvalue weighted by Gasteiger charge is 2.10.